The average Bonchev–Trinajstić information content (AvgIpc) is 2.28. The van der Waals surface area contributed by atoms with E-state index < -0.39 is 0 Å². The standard InChI is InChI=1S/C16H27NO/c1-12(2)13-6-9-15(3)7-5-8-16(4,17-11-18)14(15)10-13/h6,11-12,14H,5,7-10H2,1-4H3,(H,17,18). The van der Waals surface area contributed by atoms with Crippen LogP contribution in [0.3, 0.4) is 0 Å². The topological polar surface area (TPSA) is 29.1 Å². The summed E-state index contributed by atoms with van der Waals surface area (Å²) in [7, 11) is 0. The summed E-state index contributed by atoms with van der Waals surface area (Å²) >= 11 is 0. The van der Waals surface area contributed by atoms with Gasteiger partial charge in [-0.2, -0.15) is 0 Å². The van der Waals surface area contributed by atoms with Crippen molar-refractivity contribution in [2.75, 3.05) is 0 Å². The summed E-state index contributed by atoms with van der Waals surface area (Å²) in [4.78, 5) is 10.9. The van der Waals surface area contributed by atoms with Gasteiger partial charge in [-0.05, 0) is 49.9 Å². The van der Waals surface area contributed by atoms with Gasteiger partial charge < -0.3 is 5.32 Å². The molecule has 3 atom stereocenters. The van der Waals surface area contributed by atoms with E-state index in [-0.39, 0.29) is 5.54 Å². The molecule has 0 aromatic heterocycles. The molecular formula is C16H27NO. The van der Waals surface area contributed by atoms with Gasteiger partial charge >= 0.3 is 0 Å². The van der Waals surface area contributed by atoms with Crippen LogP contribution in [0.4, 0.5) is 0 Å². The van der Waals surface area contributed by atoms with E-state index in [9.17, 15) is 4.79 Å². The minimum atomic E-state index is -0.0108. The molecule has 2 heteroatoms. The predicted octanol–water partition coefficient (Wildman–Crippen LogP) is 3.67. The van der Waals surface area contributed by atoms with E-state index >= 15 is 0 Å². The molecule has 3 unspecified atom stereocenters. The third-order valence-corrected chi connectivity index (χ3v) is 5.45. The van der Waals surface area contributed by atoms with Crippen LogP contribution >= 0.6 is 0 Å². The lowest BCUT2D eigenvalue weighted by Gasteiger charge is -2.54. The smallest absolute Gasteiger partial charge is 0.207 e. The van der Waals surface area contributed by atoms with Gasteiger partial charge in [0, 0.05) is 5.54 Å². The Morgan fingerprint density at radius 3 is 2.72 bits per heavy atom. The molecule has 0 aromatic carbocycles. The van der Waals surface area contributed by atoms with Gasteiger partial charge in [-0.1, -0.05) is 38.8 Å². The predicted molar refractivity (Wildman–Crippen MR) is 75.2 cm³/mol. The summed E-state index contributed by atoms with van der Waals surface area (Å²) < 4.78 is 0. The molecule has 0 spiro atoms. The van der Waals surface area contributed by atoms with Crippen LogP contribution in [0.5, 0.6) is 0 Å². The van der Waals surface area contributed by atoms with Crippen LogP contribution in [-0.4, -0.2) is 11.9 Å². The average molecular weight is 249 g/mol. The number of nitrogens with one attached hydrogen (secondary N) is 1. The molecular weight excluding hydrogens is 222 g/mol. The Labute approximate surface area is 111 Å². The Morgan fingerprint density at radius 2 is 2.11 bits per heavy atom. The van der Waals surface area contributed by atoms with Gasteiger partial charge in [0.2, 0.25) is 6.41 Å². The quantitative estimate of drug-likeness (QED) is 0.600. The van der Waals surface area contributed by atoms with Crippen molar-refractivity contribution < 1.29 is 4.79 Å². The zero-order chi connectivity index (χ0) is 13.4. The van der Waals surface area contributed by atoms with Crippen molar-refractivity contribution in [1.82, 2.24) is 5.32 Å². The lowest BCUT2D eigenvalue weighted by molar-refractivity contribution is -0.113. The third-order valence-electron chi connectivity index (χ3n) is 5.45. The lowest BCUT2D eigenvalue weighted by atomic mass is 9.54. The highest BCUT2D eigenvalue weighted by Gasteiger charge is 2.49. The Kier molecular flexibility index (Phi) is 3.57. The van der Waals surface area contributed by atoms with E-state index in [4.69, 9.17) is 0 Å². The summed E-state index contributed by atoms with van der Waals surface area (Å²) in [5, 5.41) is 3.14. The SMILES string of the molecule is CC(C)C1=CCC2(C)CCCC(C)(NC=O)C2C1. The highest BCUT2D eigenvalue weighted by Crippen LogP contribution is 2.54. The van der Waals surface area contributed by atoms with Gasteiger partial charge in [-0.25, -0.2) is 0 Å². The molecule has 0 aromatic rings. The number of allylic oxidation sites excluding steroid dienone is 2. The van der Waals surface area contributed by atoms with Gasteiger partial charge in [-0.15, -0.1) is 0 Å². The molecule has 0 heterocycles. The molecule has 0 saturated heterocycles. The minimum absolute atomic E-state index is 0.0108. The van der Waals surface area contributed by atoms with Gasteiger partial charge in [0.1, 0.15) is 0 Å². The molecule has 1 amide bonds. The first-order chi connectivity index (χ1) is 8.41. The van der Waals surface area contributed by atoms with Crippen LogP contribution in [0.1, 0.15) is 59.8 Å². The normalized spacial score (nSPS) is 40.1. The first kappa shape index (κ1) is 13.6. The number of fused-ring (bicyclic) bond motifs is 1. The fraction of sp³-hybridized carbons (Fsp3) is 0.812. The number of hydrogen-bond donors (Lipinski definition) is 1. The third kappa shape index (κ3) is 2.22. The summed E-state index contributed by atoms with van der Waals surface area (Å²) in [6.45, 7) is 9.21. The number of hydrogen-bond acceptors (Lipinski definition) is 1. The van der Waals surface area contributed by atoms with Crippen LogP contribution in [0.15, 0.2) is 11.6 Å². The Bertz CT molecular complexity index is 360. The second kappa shape index (κ2) is 4.71. The Balaban J connectivity index is 2.29. The molecule has 2 aliphatic rings. The summed E-state index contributed by atoms with van der Waals surface area (Å²) in [6, 6.07) is 0. The molecule has 1 N–H and O–H groups in total. The summed E-state index contributed by atoms with van der Waals surface area (Å²) in [6.07, 6.45) is 9.36. The zero-order valence-electron chi connectivity index (χ0n) is 12.3. The van der Waals surface area contributed by atoms with E-state index in [1.165, 1.54) is 19.3 Å². The largest absolute Gasteiger partial charge is 0.353 e. The lowest BCUT2D eigenvalue weighted by Crippen LogP contribution is -2.57. The molecule has 0 aliphatic heterocycles. The monoisotopic (exact) mass is 249 g/mol. The van der Waals surface area contributed by atoms with Crippen LogP contribution in [0.2, 0.25) is 0 Å². The van der Waals surface area contributed by atoms with Gasteiger partial charge in [0.15, 0.2) is 0 Å². The second-order valence-corrected chi connectivity index (χ2v) is 7.08. The summed E-state index contributed by atoms with van der Waals surface area (Å²) in [5.41, 5.74) is 1.95. The van der Waals surface area contributed by atoms with Crippen molar-refractivity contribution in [3.63, 3.8) is 0 Å². The van der Waals surface area contributed by atoms with Crippen molar-refractivity contribution in [3.8, 4) is 0 Å². The molecule has 2 rings (SSSR count). The minimum Gasteiger partial charge on any atom is -0.353 e. The van der Waals surface area contributed by atoms with E-state index in [2.05, 4.69) is 39.1 Å². The number of rotatable bonds is 3. The van der Waals surface area contributed by atoms with Crippen molar-refractivity contribution in [2.45, 2.75) is 65.3 Å². The van der Waals surface area contributed by atoms with E-state index in [0.717, 1.165) is 19.3 Å². The Hall–Kier alpha value is -0.790. The van der Waals surface area contributed by atoms with Crippen molar-refractivity contribution in [1.29, 1.82) is 0 Å². The molecule has 1 saturated carbocycles. The maximum atomic E-state index is 10.9. The van der Waals surface area contributed by atoms with Crippen LogP contribution in [-0.2, 0) is 4.79 Å². The van der Waals surface area contributed by atoms with Crippen LogP contribution in [0.25, 0.3) is 0 Å². The first-order valence-corrected chi connectivity index (χ1v) is 7.31. The van der Waals surface area contributed by atoms with Crippen molar-refractivity contribution in [3.05, 3.63) is 11.6 Å². The van der Waals surface area contributed by atoms with E-state index in [1.54, 1.807) is 5.57 Å². The number of amides is 1. The fourth-order valence-corrected chi connectivity index (χ4v) is 4.16. The molecule has 0 radical (unpaired) electrons. The summed E-state index contributed by atoms with van der Waals surface area (Å²) in [5.74, 6) is 1.23. The fourth-order valence-electron chi connectivity index (χ4n) is 4.16. The molecule has 2 aliphatic carbocycles. The molecule has 2 nitrogen and oxygen atoms in total. The number of carbonyl (C=O) groups excluding carboxylic acids is 1. The molecule has 18 heavy (non-hydrogen) atoms. The highest BCUT2D eigenvalue weighted by atomic mass is 16.1. The van der Waals surface area contributed by atoms with Crippen LogP contribution < -0.4 is 5.32 Å². The van der Waals surface area contributed by atoms with Gasteiger partial charge in [0.05, 0.1) is 0 Å². The van der Waals surface area contributed by atoms with Crippen LogP contribution in [0, 0.1) is 17.3 Å². The van der Waals surface area contributed by atoms with Gasteiger partial charge in [-0.3, -0.25) is 4.79 Å². The Morgan fingerprint density at radius 1 is 1.39 bits per heavy atom. The first-order valence-electron chi connectivity index (χ1n) is 7.31. The maximum absolute atomic E-state index is 10.9. The maximum Gasteiger partial charge on any atom is 0.207 e. The van der Waals surface area contributed by atoms with Crippen molar-refractivity contribution >= 4 is 6.41 Å². The molecule has 102 valence electrons. The molecule has 0 bridgehead atoms. The van der Waals surface area contributed by atoms with E-state index in [0.29, 0.717) is 17.3 Å². The molecule has 1 fully saturated rings. The van der Waals surface area contributed by atoms with Gasteiger partial charge in [0.25, 0.3) is 0 Å². The van der Waals surface area contributed by atoms with E-state index in [1.807, 2.05) is 0 Å². The zero-order valence-corrected chi connectivity index (χ0v) is 12.3. The second-order valence-electron chi connectivity index (χ2n) is 7.08. The number of carbonyl (C=O) groups is 1. The highest BCUT2D eigenvalue weighted by molar-refractivity contribution is 5.48. The van der Waals surface area contributed by atoms with Crippen molar-refractivity contribution in [2.24, 2.45) is 17.3 Å².